The molecule has 1 aromatic heterocycles. The second-order valence-corrected chi connectivity index (χ2v) is 7.29. The Morgan fingerprint density at radius 3 is 2.85 bits per heavy atom. The number of benzene rings is 1. The lowest BCUT2D eigenvalue weighted by molar-refractivity contribution is -0.193. The summed E-state index contributed by atoms with van der Waals surface area (Å²) in [5.41, 5.74) is 2.01. The SMILES string of the molecule is Cc1ccccc1CC(=O)N1CC2(C[C@@H](Oc3ccccn3)CCO2)C1. The van der Waals surface area contributed by atoms with Crippen LogP contribution in [0.1, 0.15) is 24.0 Å². The predicted octanol–water partition coefficient (Wildman–Crippen LogP) is 2.77. The van der Waals surface area contributed by atoms with Crippen LogP contribution in [0.4, 0.5) is 0 Å². The maximum atomic E-state index is 12.6. The van der Waals surface area contributed by atoms with Gasteiger partial charge in [0.2, 0.25) is 11.8 Å². The van der Waals surface area contributed by atoms with E-state index in [-0.39, 0.29) is 17.6 Å². The van der Waals surface area contributed by atoms with Crippen molar-refractivity contribution < 1.29 is 14.3 Å². The van der Waals surface area contributed by atoms with Gasteiger partial charge in [0.05, 0.1) is 26.1 Å². The molecular formula is C21H24N2O3. The number of carbonyl (C=O) groups is 1. The zero-order chi connectivity index (χ0) is 18.0. The number of pyridine rings is 1. The summed E-state index contributed by atoms with van der Waals surface area (Å²) < 4.78 is 12.0. The molecule has 0 aliphatic carbocycles. The number of likely N-dealkylation sites (tertiary alicyclic amines) is 1. The number of nitrogens with zero attached hydrogens (tertiary/aromatic N) is 2. The largest absolute Gasteiger partial charge is 0.474 e. The molecule has 2 saturated heterocycles. The lowest BCUT2D eigenvalue weighted by Gasteiger charge is -2.52. The predicted molar refractivity (Wildman–Crippen MR) is 98.0 cm³/mol. The van der Waals surface area contributed by atoms with Crippen molar-refractivity contribution in [2.24, 2.45) is 0 Å². The van der Waals surface area contributed by atoms with E-state index in [0.29, 0.717) is 32.0 Å². The Morgan fingerprint density at radius 2 is 2.08 bits per heavy atom. The molecule has 136 valence electrons. The molecule has 26 heavy (non-hydrogen) atoms. The molecule has 1 atom stereocenters. The Kier molecular flexibility index (Phi) is 4.64. The van der Waals surface area contributed by atoms with Crippen molar-refractivity contribution in [1.29, 1.82) is 0 Å². The van der Waals surface area contributed by atoms with Crippen molar-refractivity contribution in [1.82, 2.24) is 9.88 Å². The summed E-state index contributed by atoms with van der Waals surface area (Å²) in [6.07, 6.45) is 3.94. The molecule has 5 nitrogen and oxygen atoms in total. The fraction of sp³-hybridized carbons (Fsp3) is 0.429. The number of amides is 1. The van der Waals surface area contributed by atoms with Gasteiger partial charge in [-0.25, -0.2) is 4.98 Å². The zero-order valence-corrected chi connectivity index (χ0v) is 15.1. The molecule has 4 rings (SSSR count). The molecule has 0 N–H and O–H groups in total. The van der Waals surface area contributed by atoms with Gasteiger partial charge in [-0.3, -0.25) is 4.79 Å². The molecule has 0 radical (unpaired) electrons. The van der Waals surface area contributed by atoms with Crippen LogP contribution in [0.25, 0.3) is 0 Å². The fourth-order valence-corrected chi connectivity index (χ4v) is 3.80. The molecule has 3 heterocycles. The van der Waals surface area contributed by atoms with E-state index < -0.39 is 0 Å². The number of rotatable bonds is 4. The Morgan fingerprint density at radius 1 is 1.27 bits per heavy atom. The highest BCUT2D eigenvalue weighted by atomic mass is 16.5. The minimum Gasteiger partial charge on any atom is -0.474 e. The molecule has 2 aromatic rings. The highest BCUT2D eigenvalue weighted by Crippen LogP contribution is 2.35. The van der Waals surface area contributed by atoms with Crippen LogP contribution in [-0.4, -0.2) is 47.2 Å². The highest BCUT2D eigenvalue weighted by molar-refractivity contribution is 5.80. The summed E-state index contributed by atoms with van der Waals surface area (Å²) in [6, 6.07) is 13.7. The molecule has 5 heteroatoms. The van der Waals surface area contributed by atoms with E-state index in [1.54, 1.807) is 6.20 Å². The first-order valence-electron chi connectivity index (χ1n) is 9.17. The smallest absolute Gasteiger partial charge is 0.227 e. The van der Waals surface area contributed by atoms with Gasteiger partial charge in [-0.05, 0) is 24.1 Å². The van der Waals surface area contributed by atoms with Crippen LogP contribution in [0.15, 0.2) is 48.7 Å². The van der Waals surface area contributed by atoms with Gasteiger partial charge in [0.25, 0.3) is 0 Å². The normalized spacial score (nSPS) is 21.3. The molecule has 0 saturated carbocycles. The van der Waals surface area contributed by atoms with Crippen molar-refractivity contribution >= 4 is 5.91 Å². The summed E-state index contributed by atoms with van der Waals surface area (Å²) >= 11 is 0. The van der Waals surface area contributed by atoms with Gasteiger partial charge in [0, 0.05) is 25.1 Å². The second kappa shape index (κ2) is 7.08. The van der Waals surface area contributed by atoms with Gasteiger partial charge in [-0.2, -0.15) is 0 Å². The first kappa shape index (κ1) is 17.0. The van der Waals surface area contributed by atoms with Gasteiger partial charge in [-0.1, -0.05) is 30.3 Å². The Balaban J connectivity index is 1.32. The maximum absolute atomic E-state index is 12.6. The van der Waals surface area contributed by atoms with E-state index in [1.807, 2.05) is 54.3 Å². The van der Waals surface area contributed by atoms with E-state index in [2.05, 4.69) is 4.98 Å². The summed E-state index contributed by atoms with van der Waals surface area (Å²) in [4.78, 5) is 18.7. The van der Waals surface area contributed by atoms with Gasteiger partial charge >= 0.3 is 0 Å². The van der Waals surface area contributed by atoms with Crippen LogP contribution in [0, 0.1) is 6.92 Å². The number of aromatic nitrogens is 1. The lowest BCUT2D eigenvalue weighted by atomic mass is 9.84. The average molecular weight is 352 g/mol. The van der Waals surface area contributed by atoms with Gasteiger partial charge in [-0.15, -0.1) is 0 Å². The lowest BCUT2D eigenvalue weighted by Crippen LogP contribution is -2.67. The van der Waals surface area contributed by atoms with Crippen LogP contribution in [0.3, 0.4) is 0 Å². The molecular weight excluding hydrogens is 328 g/mol. The highest BCUT2D eigenvalue weighted by Gasteiger charge is 2.49. The number of carbonyl (C=O) groups excluding carboxylic acids is 1. The quantitative estimate of drug-likeness (QED) is 0.849. The third-order valence-corrected chi connectivity index (χ3v) is 5.29. The molecule has 2 fully saturated rings. The van der Waals surface area contributed by atoms with Gasteiger partial charge in [0.1, 0.15) is 11.7 Å². The Hall–Kier alpha value is -2.40. The van der Waals surface area contributed by atoms with Crippen molar-refractivity contribution in [3.8, 4) is 5.88 Å². The average Bonchev–Trinajstić information content (AvgIpc) is 2.62. The zero-order valence-electron chi connectivity index (χ0n) is 15.1. The van der Waals surface area contributed by atoms with E-state index in [0.717, 1.165) is 24.0 Å². The standard InChI is InChI=1S/C21H24N2O3/c1-16-6-2-3-7-17(16)12-20(24)23-14-21(15-23)13-18(9-11-25-21)26-19-8-4-5-10-22-19/h2-8,10,18H,9,11-15H2,1H3/t18-/m0/s1. The van der Waals surface area contributed by atoms with Crippen LogP contribution < -0.4 is 4.74 Å². The fourth-order valence-electron chi connectivity index (χ4n) is 3.80. The Labute approximate surface area is 153 Å². The van der Waals surface area contributed by atoms with E-state index >= 15 is 0 Å². The molecule has 1 spiro atoms. The molecule has 2 aliphatic heterocycles. The van der Waals surface area contributed by atoms with E-state index in [1.165, 1.54) is 0 Å². The van der Waals surface area contributed by atoms with E-state index in [9.17, 15) is 4.79 Å². The summed E-state index contributed by atoms with van der Waals surface area (Å²) in [6.45, 7) is 4.01. The van der Waals surface area contributed by atoms with Crippen LogP contribution in [0.5, 0.6) is 5.88 Å². The minimum absolute atomic E-state index is 0.0901. The van der Waals surface area contributed by atoms with Crippen molar-refractivity contribution in [3.63, 3.8) is 0 Å². The molecule has 0 bridgehead atoms. The first-order chi connectivity index (χ1) is 12.6. The minimum atomic E-state index is -0.251. The number of aryl methyl sites for hydroxylation is 1. The Bertz CT molecular complexity index is 772. The number of hydrogen-bond donors (Lipinski definition) is 0. The summed E-state index contributed by atoms with van der Waals surface area (Å²) in [7, 11) is 0. The first-order valence-corrected chi connectivity index (χ1v) is 9.17. The molecule has 0 unspecified atom stereocenters. The van der Waals surface area contributed by atoms with Crippen LogP contribution in [-0.2, 0) is 16.0 Å². The summed E-state index contributed by atoms with van der Waals surface area (Å²) in [5, 5.41) is 0. The van der Waals surface area contributed by atoms with Gasteiger partial charge < -0.3 is 14.4 Å². The maximum Gasteiger partial charge on any atom is 0.227 e. The van der Waals surface area contributed by atoms with E-state index in [4.69, 9.17) is 9.47 Å². The van der Waals surface area contributed by atoms with Gasteiger partial charge in [0.15, 0.2) is 0 Å². The number of hydrogen-bond acceptors (Lipinski definition) is 4. The third-order valence-electron chi connectivity index (χ3n) is 5.29. The second-order valence-electron chi connectivity index (χ2n) is 7.29. The van der Waals surface area contributed by atoms with Crippen LogP contribution >= 0.6 is 0 Å². The molecule has 1 amide bonds. The third kappa shape index (κ3) is 3.58. The van der Waals surface area contributed by atoms with Crippen molar-refractivity contribution in [3.05, 3.63) is 59.8 Å². The van der Waals surface area contributed by atoms with Crippen molar-refractivity contribution in [2.75, 3.05) is 19.7 Å². The number of ether oxygens (including phenoxy) is 2. The monoisotopic (exact) mass is 352 g/mol. The summed E-state index contributed by atoms with van der Waals surface area (Å²) in [5.74, 6) is 0.822. The molecule has 1 aromatic carbocycles. The van der Waals surface area contributed by atoms with Crippen molar-refractivity contribution in [2.45, 2.75) is 37.9 Å². The van der Waals surface area contributed by atoms with Crippen LogP contribution in [0.2, 0.25) is 0 Å². The molecule has 2 aliphatic rings. The topological polar surface area (TPSA) is 51.7 Å².